The smallest absolute Gasteiger partial charge is 0.259 e. The highest BCUT2D eigenvalue weighted by Gasteiger charge is 2.26. The van der Waals surface area contributed by atoms with E-state index >= 15 is 0 Å². The molecule has 0 bridgehead atoms. The van der Waals surface area contributed by atoms with Crippen molar-refractivity contribution < 1.29 is 17.9 Å². The molecule has 1 saturated heterocycles. The Hall–Kier alpha value is -2.09. The number of rotatable bonds is 4. The van der Waals surface area contributed by atoms with E-state index in [-0.39, 0.29) is 17.6 Å². The molecule has 0 aliphatic carbocycles. The number of hydrogen-bond donors (Lipinski definition) is 1. The number of carbonyl (C=O) groups excluding carboxylic acids is 1. The minimum atomic E-state index is -3.56. The highest BCUT2D eigenvalue weighted by atomic mass is 32.2. The molecular weight excluding hydrogens is 318 g/mol. The monoisotopic (exact) mass is 337 g/mol. The molecule has 0 saturated carbocycles. The number of benzene rings is 1. The molecule has 3 rings (SSSR count). The van der Waals surface area contributed by atoms with Crippen LogP contribution in [0.25, 0.3) is 0 Å². The van der Waals surface area contributed by atoms with Crippen LogP contribution in [0.1, 0.15) is 30.4 Å². The maximum absolute atomic E-state index is 11.7. The average Bonchev–Trinajstić information content (AvgIpc) is 2.51. The summed E-state index contributed by atoms with van der Waals surface area (Å²) >= 11 is 0. The van der Waals surface area contributed by atoms with E-state index in [9.17, 15) is 13.2 Å². The predicted molar refractivity (Wildman–Crippen MR) is 85.7 cm³/mol. The molecule has 23 heavy (non-hydrogen) atoms. The van der Waals surface area contributed by atoms with E-state index in [1.165, 1.54) is 0 Å². The van der Waals surface area contributed by atoms with Gasteiger partial charge in [0.25, 0.3) is 10.0 Å². The van der Waals surface area contributed by atoms with Gasteiger partial charge in [0.15, 0.2) is 0 Å². The number of piperidine rings is 1. The van der Waals surface area contributed by atoms with Crippen LogP contribution in [0.15, 0.2) is 22.6 Å². The van der Waals surface area contributed by atoms with E-state index in [4.69, 9.17) is 10.5 Å². The molecule has 0 spiro atoms. The fraction of sp³-hybridized carbons (Fsp3) is 0.467. The Kier molecular flexibility index (Phi) is 4.25. The third-order valence-electron chi connectivity index (χ3n) is 4.18. The van der Waals surface area contributed by atoms with Gasteiger partial charge in [-0.05, 0) is 30.9 Å². The minimum absolute atomic E-state index is 0.0302. The van der Waals surface area contributed by atoms with Crippen molar-refractivity contribution in [2.45, 2.75) is 31.1 Å². The second kappa shape index (κ2) is 6.19. The van der Waals surface area contributed by atoms with Crippen LogP contribution in [-0.2, 0) is 20.6 Å². The molecule has 0 radical (unpaired) electrons. The first kappa shape index (κ1) is 15.8. The lowest BCUT2D eigenvalue weighted by molar-refractivity contribution is -0.122. The van der Waals surface area contributed by atoms with Crippen LogP contribution in [0.5, 0.6) is 5.75 Å². The van der Waals surface area contributed by atoms with Crippen LogP contribution in [0, 0.1) is 0 Å². The van der Waals surface area contributed by atoms with Gasteiger partial charge in [-0.25, -0.2) is 8.42 Å². The zero-order valence-electron chi connectivity index (χ0n) is 12.6. The van der Waals surface area contributed by atoms with Crippen LogP contribution < -0.4 is 10.5 Å². The van der Waals surface area contributed by atoms with Gasteiger partial charge in [-0.3, -0.25) is 4.79 Å². The number of carbonyl (C=O) groups is 1. The molecule has 1 unspecified atom stereocenters. The molecule has 2 aliphatic rings. The second-order valence-corrected chi connectivity index (χ2v) is 7.43. The van der Waals surface area contributed by atoms with Crippen LogP contribution in [0.4, 0.5) is 0 Å². The quantitative estimate of drug-likeness (QED) is 0.812. The standard InChI is InChI=1S/C15H19N3O4S/c16-15-14-11(9-23(20,21)17-15)4-3-6-13(14)22-8-12-5-1-2-7-18(12)10-19/h3-4,6,10,12H,1-2,5,7-9H2,(H2,16,17). The largest absolute Gasteiger partial charge is 0.491 e. The average molecular weight is 337 g/mol. The van der Waals surface area contributed by atoms with Gasteiger partial charge in [0, 0.05) is 6.54 Å². The summed E-state index contributed by atoms with van der Waals surface area (Å²) in [5.41, 5.74) is 6.94. The number of amidine groups is 1. The third kappa shape index (κ3) is 3.31. The fourth-order valence-corrected chi connectivity index (χ4v) is 4.15. The van der Waals surface area contributed by atoms with Gasteiger partial charge in [0.2, 0.25) is 6.41 Å². The van der Waals surface area contributed by atoms with E-state index in [1.54, 1.807) is 23.1 Å². The molecule has 124 valence electrons. The molecular formula is C15H19N3O4S. The predicted octanol–water partition coefficient (Wildman–Crippen LogP) is 0.625. The first-order valence-electron chi connectivity index (χ1n) is 7.54. The van der Waals surface area contributed by atoms with E-state index in [2.05, 4.69) is 4.40 Å². The highest BCUT2D eigenvalue weighted by molar-refractivity contribution is 7.89. The first-order valence-corrected chi connectivity index (χ1v) is 9.15. The summed E-state index contributed by atoms with van der Waals surface area (Å²) in [6.07, 6.45) is 3.82. The van der Waals surface area contributed by atoms with Crippen molar-refractivity contribution in [3.63, 3.8) is 0 Å². The maximum Gasteiger partial charge on any atom is 0.259 e. The zero-order valence-corrected chi connectivity index (χ0v) is 13.5. The zero-order chi connectivity index (χ0) is 16.4. The molecule has 1 aromatic rings. The van der Waals surface area contributed by atoms with Crippen molar-refractivity contribution in [1.82, 2.24) is 4.90 Å². The molecule has 2 aliphatic heterocycles. The Labute approximate surface area is 135 Å². The van der Waals surface area contributed by atoms with Gasteiger partial charge in [-0.15, -0.1) is 4.40 Å². The number of amides is 1. The molecule has 2 N–H and O–H groups in total. The molecule has 0 aromatic heterocycles. The number of nitrogens with zero attached hydrogens (tertiary/aromatic N) is 2. The summed E-state index contributed by atoms with van der Waals surface area (Å²) in [5.74, 6) is 0.289. The number of ether oxygens (including phenoxy) is 1. The molecule has 2 heterocycles. The van der Waals surface area contributed by atoms with Gasteiger partial charge < -0.3 is 15.4 Å². The van der Waals surface area contributed by atoms with E-state index in [1.807, 2.05) is 0 Å². The van der Waals surface area contributed by atoms with Crippen molar-refractivity contribution in [2.75, 3.05) is 13.2 Å². The summed E-state index contributed by atoms with van der Waals surface area (Å²) in [5, 5.41) is 0. The third-order valence-corrected chi connectivity index (χ3v) is 5.33. The molecule has 1 aromatic carbocycles. The lowest BCUT2D eigenvalue weighted by Gasteiger charge is -2.32. The molecule has 8 heteroatoms. The lowest BCUT2D eigenvalue weighted by atomic mass is 10.0. The number of sulfonamides is 1. The van der Waals surface area contributed by atoms with Gasteiger partial charge in [0.05, 0.1) is 17.4 Å². The van der Waals surface area contributed by atoms with E-state index < -0.39 is 10.0 Å². The van der Waals surface area contributed by atoms with Crippen LogP contribution in [0.2, 0.25) is 0 Å². The SMILES string of the molecule is NC1=NS(=O)(=O)Cc2cccc(OCC3CCCCN3C=O)c21. The topological polar surface area (TPSA) is 102 Å². The Balaban J connectivity index is 1.81. The van der Waals surface area contributed by atoms with Crippen LogP contribution in [0.3, 0.4) is 0 Å². The van der Waals surface area contributed by atoms with Gasteiger partial charge >= 0.3 is 0 Å². The molecule has 1 amide bonds. The Morgan fingerprint density at radius 3 is 3.00 bits per heavy atom. The van der Waals surface area contributed by atoms with Gasteiger partial charge in [-0.2, -0.15) is 0 Å². The number of hydrogen-bond acceptors (Lipinski definition) is 5. The molecule has 1 atom stereocenters. The summed E-state index contributed by atoms with van der Waals surface area (Å²) in [6.45, 7) is 1.10. The van der Waals surface area contributed by atoms with Crippen molar-refractivity contribution in [2.24, 2.45) is 10.1 Å². The van der Waals surface area contributed by atoms with E-state index in [0.717, 1.165) is 32.2 Å². The van der Waals surface area contributed by atoms with Crippen LogP contribution in [-0.4, -0.2) is 44.8 Å². The maximum atomic E-state index is 11.7. The Morgan fingerprint density at radius 2 is 2.22 bits per heavy atom. The normalized spacial score (nSPS) is 22.9. The number of fused-ring (bicyclic) bond motifs is 1. The van der Waals surface area contributed by atoms with Crippen LogP contribution >= 0.6 is 0 Å². The number of likely N-dealkylation sites (tertiary alicyclic amines) is 1. The van der Waals surface area contributed by atoms with Gasteiger partial charge in [-0.1, -0.05) is 12.1 Å². The second-order valence-electron chi connectivity index (χ2n) is 5.80. The summed E-state index contributed by atoms with van der Waals surface area (Å²) in [6, 6.07) is 5.22. The lowest BCUT2D eigenvalue weighted by Crippen LogP contribution is -2.42. The van der Waals surface area contributed by atoms with Crippen molar-refractivity contribution in [3.05, 3.63) is 29.3 Å². The van der Waals surface area contributed by atoms with Crippen molar-refractivity contribution >= 4 is 22.3 Å². The van der Waals surface area contributed by atoms with Crippen molar-refractivity contribution in [3.8, 4) is 5.75 Å². The van der Waals surface area contributed by atoms with Gasteiger partial charge in [0.1, 0.15) is 18.2 Å². The molecule has 7 nitrogen and oxygen atoms in total. The summed E-state index contributed by atoms with van der Waals surface area (Å²) in [7, 11) is -3.56. The van der Waals surface area contributed by atoms with E-state index in [0.29, 0.717) is 23.5 Å². The highest BCUT2D eigenvalue weighted by Crippen LogP contribution is 2.28. The fourth-order valence-electron chi connectivity index (χ4n) is 3.06. The Bertz CT molecular complexity index is 745. The number of nitrogens with two attached hydrogens (primary N) is 1. The minimum Gasteiger partial charge on any atom is -0.491 e. The Morgan fingerprint density at radius 1 is 1.39 bits per heavy atom. The molecule has 1 fully saturated rings. The first-order chi connectivity index (χ1) is 11.0. The van der Waals surface area contributed by atoms with Crippen molar-refractivity contribution in [1.29, 1.82) is 0 Å². The summed E-state index contributed by atoms with van der Waals surface area (Å²) in [4.78, 5) is 12.9. The summed E-state index contributed by atoms with van der Waals surface area (Å²) < 4.78 is 32.8.